The molecule has 2 heterocycles. The second kappa shape index (κ2) is 10.6. The molecule has 0 amide bonds. The molecule has 4 aromatic rings. The molecule has 5 rings (SSSR count). The molecule has 0 atom stereocenters. The molecular formula is C27H25ClN6O2. The van der Waals surface area contributed by atoms with E-state index in [1.807, 2.05) is 89.8 Å². The zero-order chi connectivity index (χ0) is 24.9. The van der Waals surface area contributed by atoms with Crippen LogP contribution in [0.25, 0.3) is 0 Å². The monoisotopic (exact) mass is 500 g/mol. The van der Waals surface area contributed by atoms with Crippen molar-refractivity contribution in [2.24, 2.45) is 0 Å². The van der Waals surface area contributed by atoms with Crippen LogP contribution in [-0.2, 0) is 0 Å². The minimum absolute atomic E-state index is 0.120. The van der Waals surface area contributed by atoms with Crippen molar-refractivity contribution in [3.05, 3.63) is 118 Å². The van der Waals surface area contributed by atoms with E-state index in [0.29, 0.717) is 37.0 Å². The third-order valence-electron chi connectivity index (χ3n) is 6.28. The first-order chi connectivity index (χ1) is 17.6. The van der Waals surface area contributed by atoms with Crippen LogP contribution in [-0.4, -0.2) is 41.1 Å². The Bertz CT molecular complexity index is 1290. The first kappa shape index (κ1) is 23.6. The molecule has 1 N–H and O–H groups in total. The lowest BCUT2D eigenvalue weighted by Crippen LogP contribution is -2.47. The van der Waals surface area contributed by atoms with Gasteiger partial charge in [0.2, 0.25) is 11.6 Å². The fraction of sp³-hybridized carbons (Fsp3) is 0.185. The van der Waals surface area contributed by atoms with E-state index in [4.69, 9.17) is 11.6 Å². The molecule has 1 aliphatic heterocycles. The van der Waals surface area contributed by atoms with E-state index in [1.165, 1.54) is 6.33 Å². The standard InChI is InChI=1S/C27H25ClN6O2/c28-22-12-7-13-23(18-22)32-14-16-33(17-15-32)27-25(34(35)36)26(29-19-30-27)31-24(20-8-3-1-4-9-20)21-10-5-2-6-11-21/h1-13,18-19,24H,14-17H2,(H,29,30,31). The Labute approximate surface area is 214 Å². The first-order valence-corrected chi connectivity index (χ1v) is 12.1. The van der Waals surface area contributed by atoms with E-state index < -0.39 is 4.92 Å². The molecule has 8 nitrogen and oxygen atoms in total. The summed E-state index contributed by atoms with van der Waals surface area (Å²) >= 11 is 6.16. The summed E-state index contributed by atoms with van der Waals surface area (Å²) in [4.78, 5) is 24.7. The average Bonchev–Trinajstić information content (AvgIpc) is 2.92. The predicted octanol–water partition coefficient (Wildman–Crippen LogP) is 5.57. The highest BCUT2D eigenvalue weighted by Crippen LogP contribution is 2.36. The highest BCUT2D eigenvalue weighted by molar-refractivity contribution is 6.30. The summed E-state index contributed by atoms with van der Waals surface area (Å²) in [7, 11) is 0. The van der Waals surface area contributed by atoms with Crippen LogP contribution in [0.15, 0.2) is 91.3 Å². The molecule has 9 heteroatoms. The minimum atomic E-state index is -0.395. The number of nitrogens with zero attached hydrogens (tertiary/aromatic N) is 5. The maximum atomic E-state index is 12.3. The molecule has 1 fully saturated rings. The number of nitro groups is 1. The third-order valence-corrected chi connectivity index (χ3v) is 6.52. The summed E-state index contributed by atoms with van der Waals surface area (Å²) in [5.41, 5.74) is 2.88. The maximum Gasteiger partial charge on any atom is 0.353 e. The molecule has 0 spiro atoms. The zero-order valence-corrected chi connectivity index (χ0v) is 20.3. The van der Waals surface area contributed by atoms with Crippen molar-refractivity contribution in [3.63, 3.8) is 0 Å². The zero-order valence-electron chi connectivity index (χ0n) is 19.5. The lowest BCUT2D eigenvalue weighted by atomic mass is 9.98. The average molecular weight is 501 g/mol. The van der Waals surface area contributed by atoms with E-state index in [1.54, 1.807) is 0 Å². The lowest BCUT2D eigenvalue weighted by molar-refractivity contribution is -0.383. The van der Waals surface area contributed by atoms with Crippen LogP contribution in [0.1, 0.15) is 17.2 Å². The van der Waals surface area contributed by atoms with Crippen molar-refractivity contribution in [2.75, 3.05) is 41.3 Å². The van der Waals surface area contributed by atoms with Gasteiger partial charge in [0.05, 0.1) is 11.0 Å². The molecule has 36 heavy (non-hydrogen) atoms. The molecule has 1 aromatic heterocycles. The van der Waals surface area contributed by atoms with Gasteiger partial charge in [0.1, 0.15) is 6.33 Å². The van der Waals surface area contributed by atoms with Gasteiger partial charge in [-0.1, -0.05) is 78.3 Å². The summed E-state index contributed by atoms with van der Waals surface area (Å²) in [5, 5.41) is 16.3. The van der Waals surface area contributed by atoms with E-state index in [0.717, 1.165) is 16.8 Å². The van der Waals surface area contributed by atoms with Crippen molar-refractivity contribution in [1.82, 2.24) is 9.97 Å². The third kappa shape index (κ3) is 5.08. The Morgan fingerprint density at radius 2 is 1.44 bits per heavy atom. The van der Waals surface area contributed by atoms with Gasteiger partial charge in [0.25, 0.3) is 0 Å². The van der Waals surface area contributed by atoms with Crippen molar-refractivity contribution in [3.8, 4) is 0 Å². The van der Waals surface area contributed by atoms with Crippen LogP contribution in [0.5, 0.6) is 0 Å². The molecule has 1 aliphatic rings. The Balaban J connectivity index is 1.43. The van der Waals surface area contributed by atoms with Crippen LogP contribution in [0.4, 0.5) is 23.0 Å². The topological polar surface area (TPSA) is 87.4 Å². The largest absolute Gasteiger partial charge is 0.368 e. The molecular weight excluding hydrogens is 476 g/mol. The van der Waals surface area contributed by atoms with Gasteiger partial charge in [-0.15, -0.1) is 0 Å². The van der Waals surface area contributed by atoms with Crippen LogP contribution in [0.3, 0.4) is 0 Å². The van der Waals surface area contributed by atoms with E-state index in [9.17, 15) is 10.1 Å². The van der Waals surface area contributed by atoms with Gasteiger partial charge in [0, 0.05) is 36.9 Å². The highest BCUT2D eigenvalue weighted by atomic mass is 35.5. The molecule has 0 bridgehead atoms. The van der Waals surface area contributed by atoms with Crippen molar-refractivity contribution < 1.29 is 4.92 Å². The molecule has 0 saturated carbocycles. The van der Waals surface area contributed by atoms with Gasteiger partial charge in [-0.05, 0) is 29.3 Å². The normalized spacial score (nSPS) is 13.6. The number of rotatable bonds is 7. The first-order valence-electron chi connectivity index (χ1n) is 11.7. The van der Waals surface area contributed by atoms with Crippen LogP contribution in [0, 0.1) is 10.1 Å². The van der Waals surface area contributed by atoms with Crippen LogP contribution < -0.4 is 15.1 Å². The molecule has 182 valence electrons. The predicted molar refractivity (Wildman–Crippen MR) is 143 cm³/mol. The number of piperazine rings is 1. The summed E-state index contributed by atoms with van der Waals surface area (Å²) in [5.74, 6) is 0.517. The number of nitrogens with one attached hydrogen (secondary N) is 1. The molecule has 0 radical (unpaired) electrons. The molecule has 0 unspecified atom stereocenters. The smallest absolute Gasteiger partial charge is 0.353 e. The second-order valence-electron chi connectivity index (χ2n) is 8.50. The van der Waals surface area contributed by atoms with Gasteiger partial charge in [-0.2, -0.15) is 0 Å². The van der Waals surface area contributed by atoms with E-state index in [-0.39, 0.29) is 17.5 Å². The SMILES string of the molecule is O=[N+]([O-])c1c(NC(c2ccccc2)c2ccccc2)ncnc1N1CCN(c2cccc(Cl)c2)CC1. The quantitative estimate of drug-likeness (QED) is 0.262. The van der Waals surface area contributed by atoms with Gasteiger partial charge in [-0.25, -0.2) is 9.97 Å². The molecule has 0 aliphatic carbocycles. The Hall–Kier alpha value is -4.17. The Morgan fingerprint density at radius 1 is 0.833 bits per heavy atom. The summed E-state index contributed by atoms with van der Waals surface area (Å²) in [6, 6.07) is 27.1. The number of hydrogen-bond acceptors (Lipinski definition) is 7. The summed E-state index contributed by atoms with van der Waals surface area (Å²) in [6.45, 7) is 2.57. The fourth-order valence-corrected chi connectivity index (χ4v) is 4.70. The van der Waals surface area contributed by atoms with Gasteiger partial charge < -0.3 is 15.1 Å². The second-order valence-corrected chi connectivity index (χ2v) is 8.94. The summed E-state index contributed by atoms with van der Waals surface area (Å²) < 4.78 is 0. The van der Waals surface area contributed by atoms with Gasteiger partial charge >= 0.3 is 5.69 Å². The van der Waals surface area contributed by atoms with Gasteiger partial charge in [0.15, 0.2) is 0 Å². The van der Waals surface area contributed by atoms with E-state index in [2.05, 4.69) is 20.2 Å². The van der Waals surface area contributed by atoms with Crippen molar-refractivity contribution in [1.29, 1.82) is 0 Å². The number of hydrogen-bond donors (Lipinski definition) is 1. The van der Waals surface area contributed by atoms with Gasteiger partial charge in [-0.3, -0.25) is 10.1 Å². The maximum absolute atomic E-state index is 12.3. The van der Waals surface area contributed by atoms with E-state index >= 15 is 0 Å². The Kier molecular flexibility index (Phi) is 6.95. The number of anilines is 3. The number of halogens is 1. The lowest BCUT2D eigenvalue weighted by Gasteiger charge is -2.36. The summed E-state index contributed by atoms with van der Waals surface area (Å²) in [6.07, 6.45) is 1.39. The van der Waals surface area contributed by atoms with Crippen LogP contribution in [0.2, 0.25) is 5.02 Å². The van der Waals surface area contributed by atoms with Crippen molar-refractivity contribution >= 4 is 34.6 Å². The molecule has 3 aromatic carbocycles. The highest BCUT2D eigenvalue weighted by Gasteiger charge is 2.31. The number of aromatic nitrogens is 2. The van der Waals surface area contributed by atoms with Crippen molar-refractivity contribution in [2.45, 2.75) is 6.04 Å². The number of benzene rings is 3. The molecule has 1 saturated heterocycles. The fourth-order valence-electron chi connectivity index (χ4n) is 4.51. The van der Waals surface area contributed by atoms with Crippen LogP contribution >= 0.6 is 11.6 Å². The Morgan fingerprint density at radius 3 is 2.03 bits per heavy atom. The minimum Gasteiger partial charge on any atom is -0.368 e.